The Morgan fingerprint density at radius 2 is 1.88 bits per heavy atom. The van der Waals surface area contributed by atoms with E-state index in [4.69, 9.17) is 16.6 Å². The van der Waals surface area contributed by atoms with Crippen LogP contribution < -0.4 is 10.9 Å². The molecule has 0 unspecified atom stereocenters. The Hall–Kier alpha value is -2.94. The van der Waals surface area contributed by atoms with E-state index in [0.29, 0.717) is 42.2 Å². The molecule has 3 aromatic rings. The van der Waals surface area contributed by atoms with Crippen LogP contribution in [-0.4, -0.2) is 55.0 Å². The van der Waals surface area contributed by atoms with Gasteiger partial charge < -0.3 is 15.2 Å². The number of H-pyrrole nitrogens is 1. The first kappa shape index (κ1) is 21.9. The monoisotopic (exact) mass is 469 g/mol. The second kappa shape index (κ2) is 9.51. The number of hydrogen-bond acceptors (Lipinski definition) is 5. The molecule has 2 fully saturated rings. The fraction of sp³-hybridized carbons (Fsp3) is 0.522. The number of nitrogens with zero attached hydrogens (tertiary/aromatic N) is 5. The SMILES string of the molecule is O=C(NC1CCCCC1)N1CCC(c2nc3c(nnn3Cc3ccccc3Cl)c(=O)[nH]2)CC1. The van der Waals surface area contributed by atoms with Gasteiger partial charge in [-0.25, -0.2) is 14.5 Å². The van der Waals surface area contributed by atoms with E-state index in [9.17, 15) is 9.59 Å². The Labute approximate surface area is 196 Å². The Bertz CT molecular complexity index is 1190. The lowest BCUT2D eigenvalue weighted by molar-refractivity contribution is 0.173. The van der Waals surface area contributed by atoms with Gasteiger partial charge in [0.25, 0.3) is 5.56 Å². The van der Waals surface area contributed by atoms with Crippen LogP contribution >= 0.6 is 11.6 Å². The second-order valence-electron chi connectivity index (χ2n) is 9.01. The van der Waals surface area contributed by atoms with Crippen molar-refractivity contribution in [2.24, 2.45) is 0 Å². The molecule has 33 heavy (non-hydrogen) atoms. The molecule has 1 aliphatic carbocycles. The van der Waals surface area contributed by atoms with E-state index >= 15 is 0 Å². The van der Waals surface area contributed by atoms with Gasteiger partial charge in [0.05, 0.1) is 6.54 Å². The van der Waals surface area contributed by atoms with Gasteiger partial charge in [0, 0.05) is 30.1 Å². The molecule has 0 spiro atoms. The van der Waals surface area contributed by atoms with Crippen molar-refractivity contribution in [1.82, 2.24) is 35.2 Å². The number of carbonyl (C=O) groups is 1. The molecule has 0 radical (unpaired) electrons. The molecule has 3 heterocycles. The van der Waals surface area contributed by atoms with Crippen molar-refractivity contribution in [3.8, 4) is 0 Å². The van der Waals surface area contributed by atoms with Crippen LogP contribution in [-0.2, 0) is 6.54 Å². The minimum atomic E-state index is -0.294. The summed E-state index contributed by atoms with van der Waals surface area (Å²) < 4.78 is 1.61. The van der Waals surface area contributed by atoms with E-state index in [2.05, 4.69) is 20.6 Å². The highest BCUT2D eigenvalue weighted by Gasteiger charge is 2.28. The maximum Gasteiger partial charge on any atom is 0.317 e. The number of carbonyl (C=O) groups excluding carboxylic acids is 1. The largest absolute Gasteiger partial charge is 0.335 e. The van der Waals surface area contributed by atoms with Gasteiger partial charge in [-0.1, -0.05) is 54.3 Å². The number of aromatic nitrogens is 5. The molecule has 10 heteroatoms. The van der Waals surface area contributed by atoms with Crippen LogP contribution in [0.1, 0.15) is 62.3 Å². The van der Waals surface area contributed by atoms with E-state index in [1.807, 2.05) is 29.2 Å². The number of urea groups is 1. The highest BCUT2D eigenvalue weighted by molar-refractivity contribution is 6.31. The molecule has 5 rings (SSSR count). The Morgan fingerprint density at radius 3 is 2.64 bits per heavy atom. The van der Waals surface area contributed by atoms with Gasteiger partial charge in [0.1, 0.15) is 5.82 Å². The van der Waals surface area contributed by atoms with Gasteiger partial charge in [-0.05, 0) is 37.3 Å². The minimum Gasteiger partial charge on any atom is -0.335 e. The zero-order valence-corrected chi connectivity index (χ0v) is 19.2. The minimum absolute atomic E-state index is 0.0271. The van der Waals surface area contributed by atoms with Crippen LogP contribution in [0.2, 0.25) is 5.02 Å². The number of benzene rings is 1. The van der Waals surface area contributed by atoms with E-state index in [1.54, 1.807) is 4.68 Å². The van der Waals surface area contributed by atoms with E-state index in [-0.39, 0.29) is 23.0 Å². The quantitative estimate of drug-likeness (QED) is 0.608. The fourth-order valence-electron chi connectivity index (χ4n) is 4.84. The lowest BCUT2D eigenvalue weighted by Crippen LogP contribution is -2.48. The number of aromatic amines is 1. The van der Waals surface area contributed by atoms with E-state index in [0.717, 1.165) is 31.2 Å². The molecule has 2 aromatic heterocycles. The Kier molecular flexibility index (Phi) is 6.30. The third-order valence-electron chi connectivity index (χ3n) is 6.77. The summed E-state index contributed by atoms with van der Waals surface area (Å²) in [6.07, 6.45) is 7.29. The number of halogens is 1. The van der Waals surface area contributed by atoms with Gasteiger partial charge in [0.2, 0.25) is 0 Å². The second-order valence-corrected chi connectivity index (χ2v) is 9.41. The molecule has 2 aliphatic rings. The van der Waals surface area contributed by atoms with Crippen molar-refractivity contribution in [3.63, 3.8) is 0 Å². The first-order valence-corrected chi connectivity index (χ1v) is 12.1. The van der Waals surface area contributed by atoms with Gasteiger partial charge in [-0.3, -0.25) is 4.79 Å². The summed E-state index contributed by atoms with van der Waals surface area (Å²) in [5.41, 5.74) is 1.26. The fourth-order valence-corrected chi connectivity index (χ4v) is 5.04. The summed E-state index contributed by atoms with van der Waals surface area (Å²) in [6, 6.07) is 7.84. The molecular formula is C23H28ClN7O2. The van der Waals surface area contributed by atoms with Crippen LogP contribution in [0, 0.1) is 0 Å². The number of fused-ring (bicyclic) bond motifs is 1. The van der Waals surface area contributed by atoms with Crippen molar-refractivity contribution in [1.29, 1.82) is 0 Å². The molecular weight excluding hydrogens is 442 g/mol. The average Bonchev–Trinajstić information content (AvgIpc) is 3.24. The van der Waals surface area contributed by atoms with Crippen LogP contribution in [0.15, 0.2) is 29.1 Å². The summed E-state index contributed by atoms with van der Waals surface area (Å²) in [7, 11) is 0. The molecule has 2 amide bonds. The highest BCUT2D eigenvalue weighted by Crippen LogP contribution is 2.26. The van der Waals surface area contributed by atoms with E-state index < -0.39 is 0 Å². The smallest absolute Gasteiger partial charge is 0.317 e. The topological polar surface area (TPSA) is 109 Å². The number of likely N-dealkylation sites (tertiary alicyclic amines) is 1. The van der Waals surface area contributed by atoms with Crippen LogP contribution in [0.25, 0.3) is 11.2 Å². The van der Waals surface area contributed by atoms with Crippen LogP contribution in [0.5, 0.6) is 0 Å². The predicted molar refractivity (Wildman–Crippen MR) is 125 cm³/mol. The molecule has 174 valence electrons. The summed E-state index contributed by atoms with van der Waals surface area (Å²) in [6.45, 7) is 1.66. The standard InChI is InChI=1S/C23H28ClN7O2/c24-18-9-5-4-6-16(18)14-31-21-19(28-29-31)22(32)27-20(26-21)15-10-12-30(13-11-15)23(33)25-17-7-2-1-3-8-17/h4-6,9,15,17H,1-3,7-8,10-14H2,(H,25,33)(H,26,27,32). The number of piperidine rings is 1. The number of amides is 2. The summed E-state index contributed by atoms with van der Waals surface area (Å²) >= 11 is 6.29. The maximum atomic E-state index is 12.7. The molecule has 9 nitrogen and oxygen atoms in total. The number of nitrogens with one attached hydrogen (secondary N) is 2. The molecule has 0 bridgehead atoms. The third kappa shape index (κ3) is 4.73. The van der Waals surface area contributed by atoms with Crippen LogP contribution in [0.3, 0.4) is 0 Å². The molecule has 2 N–H and O–H groups in total. The molecule has 1 saturated carbocycles. The highest BCUT2D eigenvalue weighted by atomic mass is 35.5. The summed E-state index contributed by atoms with van der Waals surface area (Å²) in [5.74, 6) is 0.701. The van der Waals surface area contributed by atoms with Gasteiger partial charge in [-0.15, -0.1) is 5.10 Å². The number of hydrogen-bond donors (Lipinski definition) is 2. The molecule has 1 saturated heterocycles. The van der Waals surface area contributed by atoms with Crippen LogP contribution in [0.4, 0.5) is 4.79 Å². The Morgan fingerprint density at radius 1 is 1.12 bits per heavy atom. The normalized spacial score (nSPS) is 18.0. The maximum absolute atomic E-state index is 12.7. The first-order chi connectivity index (χ1) is 16.1. The predicted octanol–water partition coefficient (Wildman–Crippen LogP) is 3.44. The summed E-state index contributed by atoms with van der Waals surface area (Å²) in [4.78, 5) is 34.8. The molecule has 0 atom stereocenters. The summed E-state index contributed by atoms with van der Waals surface area (Å²) in [5, 5.41) is 12.0. The third-order valence-corrected chi connectivity index (χ3v) is 7.14. The lowest BCUT2D eigenvalue weighted by atomic mass is 9.95. The van der Waals surface area contributed by atoms with E-state index in [1.165, 1.54) is 19.3 Å². The zero-order chi connectivity index (χ0) is 22.8. The average molecular weight is 470 g/mol. The van der Waals surface area contributed by atoms with Crippen molar-refractivity contribution >= 4 is 28.8 Å². The van der Waals surface area contributed by atoms with Gasteiger partial charge >= 0.3 is 6.03 Å². The number of rotatable bonds is 4. The zero-order valence-electron chi connectivity index (χ0n) is 18.5. The first-order valence-electron chi connectivity index (χ1n) is 11.7. The Balaban J connectivity index is 1.29. The molecule has 1 aliphatic heterocycles. The van der Waals surface area contributed by atoms with Crippen molar-refractivity contribution in [2.45, 2.75) is 63.5 Å². The van der Waals surface area contributed by atoms with Crippen molar-refractivity contribution in [3.05, 3.63) is 51.0 Å². The van der Waals surface area contributed by atoms with Crippen molar-refractivity contribution in [2.75, 3.05) is 13.1 Å². The van der Waals surface area contributed by atoms with Gasteiger partial charge in [0.15, 0.2) is 11.2 Å². The molecule has 1 aromatic carbocycles. The van der Waals surface area contributed by atoms with Crippen molar-refractivity contribution < 1.29 is 4.79 Å². The lowest BCUT2D eigenvalue weighted by Gasteiger charge is -2.33. The van der Waals surface area contributed by atoms with Gasteiger partial charge in [-0.2, -0.15) is 0 Å².